The van der Waals surface area contributed by atoms with Gasteiger partial charge in [0.15, 0.2) is 0 Å². The first-order valence-electron chi connectivity index (χ1n) is 4.73. The predicted molar refractivity (Wildman–Crippen MR) is 63.1 cm³/mol. The van der Waals surface area contributed by atoms with Crippen molar-refractivity contribution in [3.05, 3.63) is 23.5 Å². The summed E-state index contributed by atoms with van der Waals surface area (Å²) in [6.07, 6.45) is 1.38. The SMILES string of the molecule is CNC(=O)C(C)NS(=O)(=O)c1cccnc1Cl. The highest BCUT2D eigenvalue weighted by Crippen LogP contribution is 2.17. The monoisotopic (exact) mass is 277 g/mol. The molecule has 0 saturated carbocycles. The molecule has 0 aliphatic rings. The van der Waals surface area contributed by atoms with Gasteiger partial charge in [-0.15, -0.1) is 0 Å². The average molecular weight is 278 g/mol. The van der Waals surface area contributed by atoms with Gasteiger partial charge in [-0.1, -0.05) is 11.6 Å². The van der Waals surface area contributed by atoms with Crippen LogP contribution in [-0.2, 0) is 14.8 Å². The summed E-state index contributed by atoms with van der Waals surface area (Å²) in [5, 5.41) is 2.20. The smallest absolute Gasteiger partial charge is 0.244 e. The average Bonchev–Trinajstić information content (AvgIpc) is 2.27. The topological polar surface area (TPSA) is 88.2 Å². The standard InChI is InChI=1S/C9H12ClN3O3S/c1-6(9(14)11-2)13-17(15,16)7-4-3-5-12-8(7)10/h3-6,13H,1-2H3,(H,11,14). The van der Waals surface area contributed by atoms with Crippen LogP contribution in [0.4, 0.5) is 0 Å². The number of nitrogens with zero attached hydrogens (tertiary/aromatic N) is 1. The van der Waals surface area contributed by atoms with Gasteiger partial charge in [-0.25, -0.2) is 13.4 Å². The number of nitrogens with one attached hydrogen (secondary N) is 2. The van der Waals surface area contributed by atoms with Gasteiger partial charge in [-0.05, 0) is 19.1 Å². The molecule has 2 N–H and O–H groups in total. The lowest BCUT2D eigenvalue weighted by atomic mass is 10.3. The van der Waals surface area contributed by atoms with Gasteiger partial charge < -0.3 is 5.32 Å². The summed E-state index contributed by atoms with van der Waals surface area (Å²) in [5.41, 5.74) is 0. The maximum absolute atomic E-state index is 11.9. The van der Waals surface area contributed by atoms with E-state index < -0.39 is 22.0 Å². The molecule has 1 aromatic heterocycles. The van der Waals surface area contributed by atoms with Gasteiger partial charge >= 0.3 is 0 Å². The summed E-state index contributed by atoms with van der Waals surface area (Å²) in [4.78, 5) is 14.7. The Bertz CT molecular complexity index is 518. The van der Waals surface area contributed by atoms with Crippen LogP contribution in [0.1, 0.15) is 6.92 Å². The second kappa shape index (κ2) is 5.44. The Morgan fingerprint density at radius 2 is 2.18 bits per heavy atom. The van der Waals surface area contributed by atoms with Crippen molar-refractivity contribution in [3.63, 3.8) is 0 Å². The molecular weight excluding hydrogens is 266 g/mol. The molecule has 8 heteroatoms. The van der Waals surface area contributed by atoms with Gasteiger partial charge in [0.2, 0.25) is 15.9 Å². The number of carbonyl (C=O) groups excluding carboxylic acids is 1. The van der Waals surface area contributed by atoms with Crippen LogP contribution in [0.25, 0.3) is 0 Å². The van der Waals surface area contributed by atoms with Crippen LogP contribution in [0.15, 0.2) is 23.2 Å². The van der Waals surface area contributed by atoms with E-state index in [1.54, 1.807) is 0 Å². The van der Waals surface area contributed by atoms with E-state index in [-0.39, 0.29) is 10.0 Å². The van der Waals surface area contributed by atoms with Crippen molar-refractivity contribution in [2.75, 3.05) is 7.05 Å². The summed E-state index contributed by atoms with van der Waals surface area (Å²) >= 11 is 5.67. The highest BCUT2D eigenvalue weighted by atomic mass is 35.5. The van der Waals surface area contributed by atoms with Crippen LogP contribution in [-0.4, -0.2) is 32.4 Å². The highest BCUT2D eigenvalue weighted by Gasteiger charge is 2.23. The second-order valence-corrected chi connectivity index (χ2v) is 5.29. The van der Waals surface area contributed by atoms with Gasteiger partial charge in [0.25, 0.3) is 0 Å². The normalized spacial score (nSPS) is 13.1. The molecule has 0 radical (unpaired) electrons. The van der Waals surface area contributed by atoms with E-state index in [0.29, 0.717) is 0 Å². The highest BCUT2D eigenvalue weighted by molar-refractivity contribution is 7.89. The molecule has 0 aromatic carbocycles. The fourth-order valence-electron chi connectivity index (χ4n) is 1.14. The van der Waals surface area contributed by atoms with E-state index in [1.807, 2.05) is 0 Å². The van der Waals surface area contributed by atoms with Crippen molar-refractivity contribution in [2.45, 2.75) is 17.9 Å². The molecule has 0 aliphatic heterocycles. The molecule has 17 heavy (non-hydrogen) atoms. The fraction of sp³-hybridized carbons (Fsp3) is 0.333. The van der Waals surface area contributed by atoms with E-state index in [2.05, 4.69) is 15.0 Å². The first-order chi connectivity index (χ1) is 7.88. The summed E-state index contributed by atoms with van der Waals surface area (Å²) in [6, 6.07) is 1.88. The van der Waals surface area contributed by atoms with Crippen LogP contribution in [0.3, 0.4) is 0 Å². The van der Waals surface area contributed by atoms with E-state index in [1.165, 1.54) is 32.3 Å². The molecule has 0 aliphatic carbocycles. The second-order valence-electron chi connectivity index (χ2n) is 3.25. The van der Waals surface area contributed by atoms with Crippen molar-refractivity contribution < 1.29 is 13.2 Å². The molecule has 1 atom stereocenters. The minimum atomic E-state index is -3.85. The number of pyridine rings is 1. The largest absolute Gasteiger partial charge is 0.358 e. The summed E-state index contributed by atoms with van der Waals surface area (Å²) in [7, 11) is -2.43. The summed E-state index contributed by atoms with van der Waals surface area (Å²) < 4.78 is 25.9. The molecule has 1 unspecified atom stereocenters. The summed E-state index contributed by atoms with van der Waals surface area (Å²) in [6.45, 7) is 1.43. The zero-order valence-electron chi connectivity index (χ0n) is 9.27. The van der Waals surface area contributed by atoms with Gasteiger partial charge in [0, 0.05) is 13.2 Å². The lowest BCUT2D eigenvalue weighted by Crippen LogP contribution is -2.43. The van der Waals surface area contributed by atoms with Crippen molar-refractivity contribution in [2.24, 2.45) is 0 Å². The van der Waals surface area contributed by atoms with Gasteiger partial charge in [0.05, 0.1) is 6.04 Å². The third-order valence-electron chi connectivity index (χ3n) is 1.99. The van der Waals surface area contributed by atoms with E-state index in [0.717, 1.165) is 0 Å². The molecular formula is C9H12ClN3O3S. The fourth-order valence-corrected chi connectivity index (χ4v) is 2.79. The number of rotatable bonds is 4. The first kappa shape index (κ1) is 13.9. The Hall–Kier alpha value is -1.18. The van der Waals surface area contributed by atoms with Gasteiger partial charge in [-0.2, -0.15) is 4.72 Å². The maximum atomic E-state index is 11.9. The summed E-state index contributed by atoms with van der Waals surface area (Å²) in [5.74, 6) is -0.436. The molecule has 0 bridgehead atoms. The number of likely N-dealkylation sites (N-methyl/N-ethyl adjacent to an activating group) is 1. The Morgan fingerprint density at radius 3 is 2.71 bits per heavy atom. The molecule has 94 valence electrons. The Morgan fingerprint density at radius 1 is 1.53 bits per heavy atom. The van der Waals surface area contributed by atoms with Crippen molar-refractivity contribution >= 4 is 27.5 Å². The molecule has 0 saturated heterocycles. The minimum absolute atomic E-state index is 0.135. The van der Waals surface area contributed by atoms with Crippen LogP contribution < -0.4 is 10.0 Å². The third-order valence-corrected chi connectivity index (χ3v) is 3.97. The molecule has 6 nitrogen and oxygen atoms in total. The number of halogens is 1. The molecule has 0 spiro atoms. The van der Waals surface area contributed by atoms with Crippen LogP contribution >= 0.6 is 11.6 Å². The quantitative estimate of drug-likeness (QED) is 0.767. The number of hydrogen-bond acceptors (Lipinski definition) is 4. The number of aromatic nitrogens is 1. The first-order valence-corrected chi connectivity index (χ1v) is 6.59. The van der Waals surface area contributed by atoms with Gasteiger partial charge in [0.1, 0.15) is 10.0 Å². The Kier molecular flexibility index (Phi) is 4.44. The number of amides is 1. The Balaban J connectivity index is 2.98. The molecule has 1 heterocycles. The number of sulfonamides is 1. The number of hydrogen-bond donors (Lipinski definition) is 2. The lowest BCUT2D eigenvalue weighted by molar-refractivity contribution is -0.121. The van der Waals surface area contributed by atoms with Gasteiger partial charge in [-0.3, -0.25) is 4.79 Å². The van der Waals surface area contributed by atoms with Crippen molar-refractivity contribution in [1.29, 1.82) is 0 Å². The van der Waals surface area contributed by atoms with Crippen LogP contribution in [0.2, 0.25) is 5.15 Å². The van der Waals surface area contributed by atoms with Crippen LogP contribution in [0.5, 0.6) is 0 Å². The Labute approximate surface area is 104 Å². The van der Waals surface area contributed by atoms with E-state index in [4.69, 9.17) is 11.6 Å². The van der Waals surface area contributed by atoms with Crippen molar-refractivity contribution in [3.8, 4) is 0 Å². The van der Waals surface area contributed by atoms with Crippen molar-refractivity contribution in [1.82, 2.24) is 15.0 Å². The predicted octanol–water partition coefficient (Wildman–Crippen LogP) is 0.148. The van der Waals surface area contributed by atoms with Crippen LogP contribution in [0, 0.1) is 0 Å². The molecule has 1 aromatic rings. The lowest BCUT2D eigenvalue weighted by Gasteiger charge is -2.13. The maximum Gasteiger partial charge on any atom is 0.244 e. The van der Waals surface area contributed by atoms with E-state index >= 15 is 0 Å². The zero-order valence-corrected chi connectivity index (χ0v) is 10.8. The molecule has 1 rings (SSSR count). The molecule has 1 amide bonds. The van der Waals surface area contributed by atoms with E-state index in [9.17, 15) is 13.2 Å². The number of carbonyl (C=O) groups is 1. The zero-order chi connectivity index (χ0) is 13.1. The third kappa shape index (κ3) is 3.39. The molecule has 0 fully saturated rings. The minimum Gasteiger partial charge on any atom is -0.358 e.